The highest BCUT2D eigenvalue weighted by molar-refractivity contribution is 5.40. The van der Waals surface area contributed by atoms with E-state index in [1.54, 1.807) is 0 Å². The summed E-state index contributed by atoms with van der Waals surface area (Å²) in [4.78, 5) is 14.3. The second-order valence-corrected chi connectivity index (χ2v) is 4.48. The van der Waals surface area contributed by atoms with Gasteiger partial charge in [0.2, 0.25) is 6.08 Å². The fraction of sp³-hybridized carbons (Fsp3) is 0.462. The zero-order chi connectivity index (χ0) is 12.5. The number of carbonyl (C=O) groups excluding carboxylic acids is 1. The van der Waals surface area contributed by atoms with Gasteiger partial charge in [0.05, 0.1) is 0 Å². The minimum Gasteiger partial charge on any atom is -0.211 e. The molecule has 0 spiro atoms. The number of aliphatic imine (C=N–C) groups is 1. The van der Waals surface area contributed by atoms with Crippen LogP contribution >= 0.6 is 0 Å². The SMILES string of the molecule is Cc1c(F)ccc(C2(N=C=O)CCCC2)c1F. The maximum absolute atomic E-state index is 14.1. The maximum atomic E-state index is 14.1. The molecule has 0 heterocycles. The molecule has 0 saturated heterocycles. The molecule has 0 amide bonds. The topological polar surface area (TPSA) is 29.4 Å². The molecule has 0 atom stereocenters. The molecule has 90 valence electrons. The third-order valence-electron chi connectivity index (χ3n) is 3.51. The van der Waals surface area contributed by atoms with E-state index >= 15 is 0 Å². The monoisotopic (exact) mass is 237 g/mol. The van der Waals surface area contributed by atoms with Gasteiger partial charge in [-0.1, -0.05) is 18.9 Å². The number of benzene rings is 1. The fourth-order valence-corrected chi connectivity index (χ4v) is 2.51. The van der Waals surface area contributed by atoms with E-state index in [2.05, 4.69) is 4.99 Å². The van der Waals surface area contributed by atoms with E-state index in [1.807, 2.05) is 0 Å². The summed E-state index contributed by atoms with van der Waals surface area (Å²) >= 11 is 0. The van der Waals surface area contributed by atoms with Gasteiger partial charge in [0, 0.05) is 11.1 Å². The van der Waals surface area contributed by atoms with Gasteiger partial charge in [-0.05, 0) is 25.8 Å². The normalized spacial score (nSPS) is 17.8. The summed E-state index contributed by atoms with van der Waals surface area (Å²) in [6.07, 6.45) is 4.54. The van der Waals surface area contributed by atoms with E-state index in [1.165, 1.54) is 25.1 Å². The van der Waals surface area contributed by atoms with E-state index in [0.29, 0.717) is 18.4 Å². The smallest absolute Gasteiger partial charge is 0.211 e. The first-order valence-corrected chi connectivity index (χ1v) is 5.65. The Balaban J connectivity index is 2.58. The second kappa shape index (κ2) is 4.38. The van der Waals surface area contributed by atoms with Gasteiger partial charge in [0.1, 0.15) is 17.2 Å². The summed E-state index contributed by atoms with van der Waals surface area (Å²) < 4.78 is 27.3. The van der Waals surface area contributed by atoms with Crippen LogP contribution in [0.4, 0.5) is 8.78 Å². The Kier molecular flexibility index (Phi) is 3.07. The van der Waals surface area contributed by atoms with Crippen molar-refractivity contribution < 1.29 is 13.6 Å². The highest BCUT2D eigenvalue weighted by Crippen LogP contribution is 2.43. The Morgan fingerprint density at radius 3 is 2.53 bits per heavy atom. The summed E-state index contributed by atoms with van der Waals surface area (Å²) in [5, 5.41) is 0. The van der Waals surface area contributed by atoms with Gasteiger partial charge < -0.3 is 0 Å². The fourth-order valence-electron chi connectivity index (χ4n) is 2.51. The van der Waals surface area contributed by atoms with Crippen molar-refractivity contribution in [3.05, 3.63) is 34.9 Å². The van der Waals surface area contributed by atoms with Gasteiger partial charge in [-0.25, -0.2) is 13.6 Å². The van der Waals surface area contributed by atoms with E-state index in [-0.39, 0.29) is 5.56 Å². The molecule has 0 N–H and O–H groups in total. The molecule has 0 radical (unpaired) electrons. The molecule has 1 aliphatic rings. The first kappa shape index (κ1) is 11.9. The molecular formula is C13H13F2NO. The average molecular weight is 237 g/mol. The number of nitrogens with zero attached hydrogens (tertiary/aromatic N) is 1. The molecule has 0 aliphatic heterocycles. The Labute approximate surface area is 98.4 Å². The third kappa shape index (κ3) is 1.89. The van der Waals surface area contributed by atoms with Crippen LogP contribution in [-0.2, 0) is 10.3 Å². The van der Waals surface area contributed by atoms with Gasteiger partial charge in [-0.15, -0.1) is 0 Å². The molecule has 17 heavy (non-hydrogen) atoms. The van der Waals surface area contributed by atoms with Crippen molar-refractivity contribution in [2.75, 3.05) is 0 Å². The van der Waals surface area contributed by atoms with E-state index in [9.17, 15) is 13.6 Å². The van der Waals surface area contributed by atoms with Gasteiger partial charge in [0.15, 0.2) is 0 Å². The molecule has 0 aromatic heterocycles. The average Bonchev–Trinajstić information content (AvgIpc) is 2.76. The van der Waals surface area contributed by atoms with Crippen LogP contribution in [-0.4, -0.2) is 6.08 Å². The zero-order valence-electron chi connectivity index (χ0n) is 9.59. The predicted molar refractivity (Wildman–Crippen MR) is 59.4 cm³/mol. The van der Waals surface area contributed by atoms with Gasteiger partial charge in [0.25, 0.3) is 0 Å². The molecule has 2 rings (SSSR count). The Hall–Kier alpha value is -1.54. The highest BCUT2D eigenvalue weighted by Gasteiger charge is 2.38. The second-order valence-electron chi connectivity index (χ2n) is 4.48. The van der Waals surface area contributed by atoms with Crippen LogP contribution in [0.25, 0.3) is 0 Å². The molecule has 1 aliphatic carbocycles. The molecule has 4 heteroatoms. The van der Waals surface area contributed by atoms with Crippen molar-refractivity contribution >= 4 is 6.08 Å². The van der Waals surface area contributed by atoms with Crippen LogP contribution in [0.5, 0.6) is 0 Å². The lowest BCUT2D eigenvalue weighted by Gasteiger charge is -2.24. The molecule has 1 aromatic carbocycles. The number of hydrogen-bond acceptors (Lipinski definition) is 2. The Bertz CT molecular complexity index is 486. The number of isocyanates is 1. The predicted octanol–water partition coefficient (Wildman–Crippen LogP) is 3.38. The molecular weight excluding hydrogens is 224 g/mol. The van der Waals surface area contributed by atoms with Crippen LogP contribution in [0.15, 0.2) is 17.1 Å². The van der Waals surface area contributed by atoms with Crippen LogP contribution < -0.4 is 0 Å². The van der Waals surface area contributed by atoms with Gasteiger partial charge >= 0.3 is 0 Å². The molecule has 1 fully saturated rings. The van der Waals surface area contributed by atoms with Crippen LogP contribution in [0.1, 0.15) is 36.8 Å². The van der Waals surface area contributed by atoms with Crippen molar-refractivity contribution in [2.24, 2.45) is 4.99 Å². The summed E-state index contributed by atoms with van der Waals surface area (Å²) in [6.45, 7) is 1.39. The first-order valence-electron chi connectivity index (χ1n) is 5.65. The molecule has 1 aromatic rings. The number of hydrogen-bond donors (Lipinski definition) is 0. The summed E-state index contributed by atoms with van der Waals surface area (Å²) in [7, 11) is 0. The molecule has 0 bridgehead atoms. The van der Waals surface area contributed by atoms with Crippen molar-refractivity contribution in [3.8, 4) is 0 Å². The van der Waals surface area contributed by atoms with Crippen molar-refractivity contribution in [1.29, 1.82) is 0 Å². The molecule has 1 saturated carbocycles. The lowest BCUT2D eigenvalue weighted by atomic mass is 9.87. The van der Waals surface area contributed by atoms with Crippen molar-refractivity contribution in [2.45, 2.75) is 38.1 Å². The summed E-state index contributed by atoms with van der Waals surface area (Å²) in [5.74, 6) is -1.17. The van der Waals surface area contributed by atoms with Crippen LogP contribution in [0, 0.1) is 18.6 Å². The van der Waals surface area contributed by atoms with Crippen molar-refractivity contribution in [1.82, 2.24) is 0 Å². The Morgan fingerprint density at radius 2 is 1.94 bits per heavy atom. The number of halogens is 2. The van der Waals surface area contributed by atoms with Gasteiger partial charge in [-0.2, -0.15) is 4.99 Å². The highest BCUT2D eigenvalue weighted by atomic mass is 19.1. The third-order valence-corrected chi connectivity index (χ3v) is 3.51. The Morgan fingerprint density at radius 1 is 1.29 bits per heavy atom. The first-order chi connectivity index (χ1) is 8.10. The van der Waals surface area contributed by atoms with E-state index in [0.717, 1.165) is 12.8 Å². The van der Waals surface area contributed by atoms with Crippen LogP contribution in [0.2, 0.25) is 0 Å². The number of rotatable bonds is 2. The van der Waals surface area contributed by atoms with Gasteiger partial charge in [-0.3, -0.25) is 0 Å². The van der Waals surface area contributed by atoms with Crippen molar-refractivity contribution in [3.63, 3.8) is 0 Å². The van der Waals surface area contributed by atoms with Crippen LogP contribution in [0.3, 0.4) is 0 Å². The summed E-state index contributed by atoms with van der Waals surface area (Å²) in [6, 6.07) is 2.62. The maximum Gasteiger partial charge on any atom is 0.235 e. The summed E-state index contributed by atoms with van der Waals surface area (Å²) in [5.41, 5.74) is -0.531. The molecule has 0 unspecified atom stereocenters. The van der Waals surface area contributed by atoms with E-state index < -0.39 is 17.2 Å². The zero-order valence-corrected chi connectivity index (χ0v) is 9.59. The quantitative estimate of drug-likeness (QED) is 0.572. The minimum absolute atomic E-state index is 0.0186. The lowest BCUT2D eigenvalue weighted by Crippen LogP contribution is -2.21. The lowest BCUT2D eigenvalue weighted by molar-refractivity contribution is 0.425. The standard InChI is InChI=1S/C13H13F2NO/c1-9-11(14)5-4-10(12(9)15)13(16-8-17)6-2-3-7-13/h4-5H,2-3,6-7H2,1H3. The largest absolute Gasteiger partial charge is 0.235 e. The minimum atomic E-state index is -0.829. The molecule has 2 nitrogen and oxygen atoms in total. The van der Waals surface area contributed by atoms with E-state index in [4.69, 9.17) is 0 Å².